The lowest BCUT2D eigenvalue weighted by atomic mass is 9.94. The predicted molar refractivity (Wildman–Crippen MR) is 110 cm³/mol. The Morgan fingerprint density at radius 1 is 0.966 bits per heavy atom. The fourth-order valence-electron chi connectivity index (χ4n) is 5.59. The SMILES string of the molecule is O=C(NC1CC2CCC1C2)C(CO)NC(=O)C1c2ccccc2-c2ccccc21. The van der Waals surface area contributed by atoms with E-state index in [9.17, 15) is 14.7 Å². The summed E-state index contributed by atoms with van der Waals surface area (Å²) in [5, 5.41) is 15.7. The number of aliphatic hydroxyl groups is 1. The number of rotatable bonds is 5. The third kappa shape index (κ3) is 3.14. The van der Waals surface area contributed by atoms with E-state index >= 15 is 0 Å². The second-order valence-electron chi connectivity index (χ2n) is 8.64. The summed E-state index contributed by atoms with van der Waals surface area (Å²) in [5.74, 6) is 0.279. The van der Waals surface area contributed by atoms with Gasteiger partial charge in [-0.05, 0) is 53.4 Å². The van der Waals surface area contributed by atoms with Crippen molar-refractivity contribution in [2.75, 3.05) is 6.61 Å². The first-order valence-electron chi connectivity index (χ1n) is 10.6. The molecule has 5 rings (SSSR count). The number of carbonyl (C=O) groups is 2. The van der Waals surface area contributed by atoms with Crippen molar-refractivity contribution < 1.29 is 14.7 Å². The molecule has 2 aromatic carbocycles. The van der Waals surface area contributed by atoms with Crippen molar-refractivity contribution in [2.24, 2.45) is 11.8 Å². The summed E-state index contributed by atoms with van der Waals surface area (Å²) >= 11 is 0. The van der Waals surface area contributed by atoms with Crippen LogP contribution in [0.4, 0.5) is 0 Å². The Kier molecular flexibility index (Phi) is 4.63. The number of nitrogens with one attached hydrogen (secondary N) is 2. The highest BCUT2D eigenvalue weighted by Crippen LogP contribution is 2.45. The molecule has 4 atom stereocenters. The third-order valence-electron chi connectivity index (χ3n) is 6.98. The second kappa shape index (κ2) is 7.30. The van der Waals surface area contributed by atoms with Crippen molar-refractivity contribution in [3.8, 4) is 11.1 Å². The molecule has 2 amide bonds. The van der Waals surface area contributed by atoms with Gasteiger partial charge in [-0.15, -0.1) is 0 Å². The fraction of sp³-hybridized carbons (Fsp3) is 0.417. The molecule has 2 saturated carbocycles. The molecule has 0 aromatic heterocycles. The summed E-state index contributed by atoms with van der Waals surface area (Å²) in [6.45, 7) is -0.408. The van der Waals surface area contributed by atoms with Crippen molar-refractivity contribution in [2.45, 2.75) is 43.7 Å². The topological polar surface area (TPSA) is 78.4 Å². The molecule has 0 radical (unpaired) electrons. The standard InChI is InChI=1S/C24H26N2O3/c27-13-21(23(28)25-20-12-14-9-10-15(20)11-14)26-24(29)22-18-7-3-1-5-16(18)17-6-2-4-8-19(17)22/h1-8,14-15,20-22,27H,9-13H2,(H,25,28)(H,26,29). The number of benzene rings is 2. The van der Waals surface area contributed by atoms with E-state index in [-0.39, 0.29) is 17.9 Å². The van der Waals surface area contributed by atoms with Gasteiger partial charge in [0, 0.05) is 6.04 Å². The minimum absolute atomic E-state index is 0.181. The maximum absolute atomic E-state index is 13.2. The van der Waals surface area contributed by atoms with Crippen molar-refractivity contribution in [3.05, 3.63) is 59.7 Å². The molecule has 0 aliphatic heterocycles. The molecule has 2 aromatic rings. The Hall–Kier alpha value is -2.66. The smallest absolute Gasteiger partial charge is 0.245 e. The van der Waals surface area contributed by atoms with Gasteiger partial charge in [-0.2, -0.15) is 0 Å². The number of amides is 2. The summed E-state index contributed by atoms with van der Waals surface area (Å²) in [5.41, 5.74) is 3.98. The van der Waals surface area contributed by atoms with Gasteiger partial charge in [0.1, 0.15) is 6.04 Å². The molecule has 2 bridgehead atoms. The van der Waals surface area contributed by atoms with Crippen LogP contribution < -0.4 is 10.6 Å². The number of fused-ring (bicyclic) bond motifs is 5. The largest absolute Gasteiger partial charge is 0.394 e. The van der Waals surface area contributed by atoms with Crippen LogP contribution >= 0.6 is 0 Å². The van der Waals surface area contributed by atoms with Crippen molar-refractivity contribution >= 4 is 11.8 Å². The molecule has 0 spiro atoms. The monoisotopic (exact) mass is 390 g/mol. The lowest BCUT2D eigenvalue weighted by molar-refractivity contribution is -0.130. The summed E-state index contributed by atoms with van der Waals surface area (Å²) in [6.07, 6.45) is 4.64. The molecule has 5 heteroatoms. The summed E-state index contributed by atoms with van der Waals surface area (Å²) < 4.78 is 0. The van der Waals surface area contributed by atoms with Gasteiger partial charge in [-0.3, -0.25) is 9.59 Å². The van der Waals surface area contributed by atoms with Crippen LogP contribution in [0.1, 0.15) is 42.7 Å². The molecule has 150 valence electrons. The quantitative estimate of drug-likeness (QED) is 0.734. The zero-order valence-corrected chi connectivity index (χ0v) is 16.3. The van der Waals surface area contributed by atoms with Gasteiger partial charge >= 0.3 is 0 Å². The average molecular weight is 390 g/mol. The van der Waals surface area contributed by atoms with E-state index in [1.54, 1.807) is 0 Å². The molecule has 0 heterocycles. The first-order valence-corrected chi connectivity index (χ1v) is 10.6. The first-order chi connectivity index (χ1) is 14.2. The molecule has 5 nitrogen and oxygen atoms in total. The maximum Gasteiger partial charge on any atom is 0.245 e. The lowest BCUT2D eigenvalue weighted by Crippen LogP contribution is -2.53. The van der Waals surface area contributed by atoms with Crippen LogP contribution in [0.5, 0.6) is 0 Å². The molecule has 3 aliphatic carbocycles. The van der Waals surface area contributed by atoms with Gasteiger partial charge in [0.15, 0.2) is 0 Å². The molecular formula is C24H26N2O3. The summed E-state index contributed by atoms with van der Waals surface area (Å²) in [6, 6.07) is 15.0. The normalized spacial score (nSPS) is 25.3. The average Bonchev–Trinajstić information content (AvgIpc) is 3.44. The second-order valence-corrected chi connectivity index (χ2v) is 8.64. The Balaban J connectivity index is 1.33. The summed E-state index contributed by atoms with van der Waals surface area (Å²) in [7, 11) is 0. The van der Waals surface area contributed by atoms with E-state index in [4.69, 9.17) is 0 Å². The minimum atomic E-state index is -0.929. The molecular weight excluding hydrogens is 364 g/mol. The molecule has 3 aliphatic rings. The van der Waals surface area contributed by atoms with Crippen LogP contribution in [0.25, 0.3) is 11.1 Å². The first kappa shape index (κ1) is 18.4. The molecule has 3 N–H and O–H groups in total. The van der Waals surface area contributed by atoms with Crippen molar-refractivity contribution in [1.29, 1.82) is 0 Å². The number of hydrogen-bond acceptors (Lipinski definition) is 3. The number of hydrogen-bond donors (Lipinski definition) is 3. The Labute approximate surface area is 170 Å². The van der Waals surface area contributed by atoms with E-state index in [1.165, 1.54) is 19.3 Å². The van der Waals surface area contributed by atoms with E-state index in [2.05, 4.69) is 10.6 Å². The molecule has 29 heavy (non-hydrogen) atoms. The Morgan fingerprint density at radius 3 is 2.17 bits per heavy atom. The zero-order valence-electron chi connectivity index (χ0n) is 16.3. The van der Waals surface area contributed by atoms with Gasteiger partial charge in [0.05, 0.1) is 12.5 Å². The van der Waals surface area contributed by atoms with Gasteiger partial charge < -0.3 is 15.7 Å². The molecule has 0 saturated heterocycles. The van der Waals surface area contributed by atoms with Crippen LogP contribution in [-0.2, 0) is 9.59 Å². The highest BCUT2D eigenvalue weighted by atomic mass is 16.3. The van der Waals surface area contributed by atoms with Gasteiger partial charge in [0.25, 0.3) is 0 Å². The Morgan fingerprint density at radius 2 is 1.62 bits per heavy atom. The number of aliphatic hydroxyl groups excluding tert-OH is 1. The van der Waals surface area contributed by atoms with Crippen LogP contribution in [0.3, 0.4) is 0 Å². The highest BCUT2D eigenvalue weighted by Gasteiger charge is 2.41. The van der Waals surface area contributed by atoms with Crippen molar-refractivity contribution in [1.82, 2.24) is 10.6 Å². The molecule has 4 unspecified atom stereocenters. The van der Waals surface area contributed by atoms with E-state index in [0.717, 1.165) is 34.6 Å². The predicted octanol–water partition coefficient (Wildman–Crippen LogP) is 2.58. The lowest BCUT2D eigenvalue weighted by Gasteiger charge is -2.26. The van der Waals surface area contributed by atoms with Crippen LogP contribution in [0, 0.1) is 11.8 Å². The summed E-state index contributed by atoms with van der Waals surface area (Å²) in [4.78, 5) is 26.0. The van der Waals surface area contributed by atoms with Crippen molar-refractivity contribution in [3.63, 3.8) is 0 Å². The third-order valence-corrected chi connectivity index (χ3v) is 6.98. The fourth-order valence-corrected chi connectivity index (χ4v) is 5.59. The van der Waals surface area contributed by atoms with E-state index in [1.807, 2.05) is 48.5 Å². The van der Waals surface area contributed by atoms with Crippen LogP contribution in [-0.4, -0.2) is 35.6 Å². The molecule has 2 fully saturated rings. The number of carbonyl (C=O) groups excluding carboxylic acids is 2. The van der Waals surface area contributed by atoms with Crippen LogP contribution in [0.15, 0.2) is 48.5 Å². The maximum atomic E-state index is 13.2. The minimum Gasteiger partial charge on any atom is -0.394 e. The van der Waals surface area contributed by atoms with E-state index in [0.29, 0.717) is 5.92 Å². The zero-order chi connectivity index (χ0) is 20.0. The van der Waals surface area contributed by atoms with E-state index < -0.39 is 18.6 Å². The van der Waals surface area contributed by atoms with Gasteiger partial charge in [-0.1, -0.05) is 55.0 Å². The van der Waals surface area contributed by atoms with Gasteiger partial charge in [-0.25, -0.2) is 0 Å². The Bertz CT molecular complexity index is 911. The van der Waals surface area contributed by atoms with Crippen LogP contribution in [0.2, 0.25) is 0 Å². The van der Waals surface area contributed by atoms with Gasteiger partial charge in [0.2, 0.25) is 11.8 Å². The highest BCUT2D eigenvalue weighted by molar-refractivity contribution is 5.98.